The number of pyridine rings is 1. The summed E-state index contributed by atoms with van der Waals surface area (Å²) in [6, 6.07) is 1.62. The lowest BCUT2D eigenvalue weighted by molar-refractivity contribution is 0.0790. The van der Waals surface area contributed by atoms with Gasteiger partial charge in [0.15, 0.2) is 0 Å². The molecule has 1 aliphatic rings. The minimum absolute atomic E-state index is 0.0345. The smallest absolute Gasteiger partial charge is 0.260 e. The van der Waals surface area contributed by atoms with E-state index >= 15 is 0 Å². The van der Waals surface area contributed by atoms with E-state index in [1.807, 2.05) is 0 Å². The van der Waals surface area contributed by atoms with Gasteiger partial charge in [0.25, 0.3) is 5.91 Å². The second kappa shape index (κ2) is 5.64. The summed E-state index contributed by atoms with van der Waals surface area (Å²) >= 11 is 0. The number of carbonyl (C=O) groups is 1. The Morgan fingerprint density at radius 2 is 2.30 bits per heavy atom. The van der Waals surface area contributed by atoms with Crippen LogP contribution in [-0.4, -0.2) is 27.4 Å². The summed E-state index contributed by atoms with van der Waals surface area (Å²) in [5.41, 5.74) is 0.876. The maximum absolute atomic E-state index is 12.7. The van der Waals surface area contributed by atoms with Gasteiger partial charge in [0, 0.05) is 19.3 Å². The molecular formula is C14H12F2N2O2. The molecule has 4 nitrogen and oxygen atoms in total. The minimum atomic E-state index is -0.706. The molecule has 6 heteroatoms. The third kappa shape index (κ3) is 2.74. The first-order valence-corrected chi connectivity index (χ1v) is 5.80. The highest BCUT2D eigenvalue weighted by Gasteiger charge is 2.30. The number of aromatic hydroxyl groups is 1. The van der Waals surface area contributed by atoms with E-state index in [9.17, 15) is 18.7 Å². The molecule has 0 atom stereocenters. The Morgan fingerprint density at radius 1 is 1.55 bits per heavy atom. The quantitative estimate of drug-likeness (QED) is 0.861. The second-order valence-corrected chi connectivity index (χ2v) is 4.29. The Balaban J connectivity index is 2.16. The van der Waals surface area contributed by atoms with E-state index in [1.54, 1.807) is 6.07 Å². The van der Waals surface area contributed by atoms with Gasteiger partial charge in [0.05, 0.1) is 6.33 Å². The van der Waals surface area contributed by atoms with Crippen LogP contribution in [0.2, 0.25) is 0 Å². The number of allylic oxidation sites excluding steroid dienone is 2. The first-order valence-electron chi connectivity index (χ1n) is 5.80. The van der Waals surface area contributed by atoms with Crippen LogP contribution in [0.25, 0.3) is 0 Å². The van der Waals surface area contributed by atoms with Crippen LogP contribution in [-0.2, 0) is 6.54 Å². The summed E-state index contributed by atoms with van der Waals surface area (Å²) in [4.78, 5) is 17.0. The highest BCUT2D eigenvalue weighted by molar-refractivity contribution is 6.00. The van der Waals surface area contributed by atoms with Crippen molar-refractivity contribution in [2.75, 3.05) is 6.54 Å². The fourth-order valence-electron chi connectivity index (χ4n) is 1.96. The van der Waals surface area contributed by atoms with Crippen LogP contribution in [0.1, 0.15) is 15.9 Å². The average molecular weight is 278 g/mol. The number of fused-ring (bicyclic) bond motifs is 1. The molecule has 0 bridgehead atoms. The molecule has 0 fully saturated rings. The molecule has 1 N–H and O–H groups in total. The molecule has 1 aliphatic heterocycles. The average Bonchev–Trinajstić information content (AvgIpc) is 2.72. The Bertz CT molecular complexity index is 624. The summed E-state index contributed by atoms with van der Waals surface area (Å²) in [6.45, 7) is 3.23. The number of aromatic nitrogens is 1. The molecule has 1 aromatic rings. The predicted molar refractivity (Wildman–Crippen MR) is 69.2 cm³/mol. The molecule has 1 amide bonds. The number of halogens is 2. The van der Waals surface area contributed by atoms with Gasteiger partial charge in [0.2, 0.25) is 5.88 Å². The normalized spacial score (nSPS) is 15.0. The van der Waals surface area contributed by atoms with Gasteiger partial charge < -0.3 is 10.0 Å². The summed E-state index contributed by atoms with van der Waals surface area (Å²) in [5, 5.41) is 9.56. The third-order valence-electron chi connectivity index (χ3n) is 2.87. The largest absolute Gasteiger partial charge is 0.493 e. The molecule has 0 aromatic carbocycles. The highest BCUT2D eigenvalue weighted by Crippen LogP contribution is 2.28. The maximum Gasteiger partial charge on any atom is 0.260 e. The molecule has 0 saturated carbocycles. The SMILES string of the molecule is C=C(F)/C=C\C(=C\F)CN1Cc2ccnc(O)c2C1=O. The number of carbonyl (C=O) groups excluding carboxylic acids is 1. The summed E-state index contributed by atoms with van der Waals surface area (Å²) in [7, 11) is 0. The zero-order valence-corrected chi connectivity index (χ0v) is 10.5. The standard InChI is InChI=1S/C14H12F2N2O2/c1-9(16)2-3-10(6-15)7-18-8-11-4-5-17-13(19)12(11)14(18)20/h2-6H,1,7-8H2,(H,17,19)/b3-2-,10-6-. The van der Waals surface area contributed by atoms with Crippen LogP contribution in [0.5, 0.6) is 5.88 Å². The molecule has 0 saturated heterocycles. The van der Waals surface area contributed by atoms with Gasteiger partial charge in [-0.3, -0.25) is 4.79 Å². The molecule has 2 rings (SSSR count). The van der Waals surface area contributed by atoms with E-state index in [1.165, 1.54) is 17.2 Å². The van der Waals surface area contributed by atoms with Gasteiger partial charge >= 0.3 is 0 Å². The molecule has 1 aromatic heterocycles. The Hall–Kier alpha value is -2.50. The van der Waals surface area contributed by atoms with Crippen molar-refractivity contribution in [1.29, 1.82) is 0 Å². The van der Waals surface area contributed by atoms with Crippen LogP contribution in [0.3, 0.4) is 0 Å². The number of hydrogen-bond donors (Lipinski definition) is 1. The van der Waals surface area contributed by atoms with Crippen molar-refractivity contribution in [2.45, 2.75) is 6.54 Å². The van der Waals surface area contributed by atoms with Crippen molar-refractivity contribution < 1.29 is 18.7 Å². The Morgan fingerprint density at radius 3 is 2.90 bits per heavy atom. The van der Waals surface area contributed by atoms with Gasteiger partial charge in [-0.15, -0.1) is 0 Å². The van der Waals surface area contributed by atoms with E-state index in [0.29, 0.717) is 11.9 Å². The minimum Gasteiger partial charge on any atom is -0.493 e. The van der Waals surface area contributed by atoms with Crippen molar-refractivity contribution in [2.24, 2.45) is 0 Å². The first-order chi connectivity index (χ1) is 9.52. The molecule has 0 aliphatic carbocycles. The van der Waals surface area contributed by atoms with Crippen molar-refractivity contribution in [3.8, 4) is 5.88 Å². The molecular weight excluding hydrogens is 266 g/mol. The van der Waals surface area contributed by atoms with Crippen molar-refractivity contribution >= 4 is 5.91 Å². The number of rotatable bonds is 4. The summed E-state index contributed by atoms with van der Waals surface area (Å²) in [5.74, 6) is -1.48. The van der Waals surface area contributed by atoms with E-state index in [2.05, 4.69) is 11.6 Å². The van der Waals surface area contributed by atoms with Crippen molar-refractivity contribution in [1.82, 2.24) is 9.88 Å². The molecule has 104 valence electrons. The molecule has 0 radical (unpaired) electrons. The fraction of sp³-hybridized carbons (Fsp3) is 0.143. The molecule has 0 spiro atoms. The van der Waals surface area contributed by atoms with Gasteiger partial charge in [-0.25, -0.2) is 13.8 Å². The predicted octanol–water partition coefficient (Wildman–Crippen LogP) is 2.64. The van der Waals surface area contributed by atoms with Crippen LogP contribution in [0, 0.1) is 0 Å². The molecule has 0 unspecified atom stereocenters. The fourth-order valence-corrected chi connectivity index (χ4v) is 1.96. The zero-order chi connectivity index (χ0) is 14.7. The molecule has 20 heavy (non-hydrogen) atoms. The van der Waals surface area contributed by atoms with Crippen LogP contribution >= 0.6 is 0 Å². The zero-order valence-electron chi connectivity index (χ0n) is 10.5. The Kier molecular flexibility index (Phi) is 3.93. The maximum atomic E-state index is 12.7. The van der Waals surface area contributed by atoms with Gasteiger partial charge in [-0.1, -0.05) is 12.7 Å². The monoisotopic (exact) mass is 278 g/mol. The van der Waals surface area contributed by atoms with Crippen molar-refractivity contribution in [3.63, 3.8) is 0 Å². The lowest BCUT2D eigenvalue weighted by Crippen LogP contribution is -2.25. The number of amides is 1. The molecule has 2 heterocycles. The lowest BCUT2D eigenvalue weighted by Gasteiger charge is -2.15. The Labute approximate surface area is 114 Å². The van der Waals surface area contributed by atoms with Crippen LogP contribution in [0.4, 0.5) is 8.78 Å². The van der Waals surface area contributed by atoms with E-state index in [-0.39, 0.29) is 30.1 Å². The lowest BCUT2D eigenvalue weighted by atomic mass is 10.2. The van der Waals surface area contributed by atoms with E-state index < -0.39 is 11.7 Å². The first kappa shape index (κ1) is 13.9. The van der Waals surface area contributed by atoms with Gasteiger partial charge in [-0.2, -0.15) is 0 Å². The number of hydrogen-bond acceptors (Lipinski definition) is 3. The topological polar surface area (TPSA) is 53.4 Å². The van der Waals surface area contributed by atoms with Crippen molar-refractivity contribution in [3.05, 3.63) is 59.9 Å². The van der Waals surface area contributed by atoms with Gasteiger partial charge in [0.1, 0.15) is 11.4 Å². The highest BCUT2D eigenvalue weighted by atomic mass is 19.1. The van der Waals surface area contributed by atoms with E-state index in [4.69, 9.17) is 0 Å². The third-order valence-corrected chi connectivity index (χ3v) is 2.87. The number of nitrogens with zero attached hydrogens (tertiary/aromatic N) is 2. The van der Waals surface area contributed by atoms with Crippen LogP contribution in [0.15, 0.2) is 48.7 Å². The van der Waals surface area contributed by atoms with E-state index in [0.717, 1.165) is 6.08 Å². The second-order valence-electron chi connectivity index (χ2n) is 4.29. The summed E-state index contributed by atoms with van der Waals surface area (Å²) < 4.78 is 25.2. The van der Waals surface area contributed by atoms with Crippen LogP contribution < -0.4 is 0 Å². The van der Waals surface area contributed by atoms with Gasteiger partial charge in [-0.05, 0) is 23.3 Å². The summed E-state index contributed by atoms with van der Waals surface area (Å²) in [6.07, 6.45) is 3.91.